The summed E-state index contributed by atoms with van der Waals surface area (Å²) in [6, 6.07) is 8.58. The van der Waals surface area contributed by atoms with Crippen LogP contribution in [0.5, 0.6) is 0 Å². The normalized spacial score (nSPS) is 9.80. The molecular weight excluding hydrogens is 120 g/mol. The van der Waals surface area contributed by atoms with Crippen molar-refractivity contribution in [3.8, 4) is 0 Å². The molecule has 0 unspecified atom stereocenters. The maximum absolute atomic E-state index is 3.83. The fraction of sp³-hybridized carbons (Fsp3) is 0.300. The third-order valence-electron chi connectivity index (χ3n) is 1.69. The highest BCUT2D eigenvalue weighted by molar-refractivity contribution is 5.23. The van der Waals surface area contributed by atoms with Crippen LogP contribution in [0.15, 0.2) is 24.3 Å². The standard InChI is InChI=1S/C10H13/c1-3-9-6-5-7-10(4-2)8-9/h5-8H,1,3-4H2,2H3. The second-order valence-electron chi connectivity index (χ2n) is 2.42. The molecule has 53 valence electrons. The highest BCUT2D eigenvalue weighted by Gasteiger charge is 1.89. The highest BCUT2D eigenvalue weighted by atomic mass is 13.9. The van der Waals surface area contributed by atoms with Gasteiger partial charge in [0, 0.05) is 0 Å². The molecule has 0 spiro atoms. The second-order valence-corrected chi connectivity index (χ2v) is 2.42. The smallest absolute Gasteiger partial charge is 0.0279 e. The van der Waals surface area contributed by atoms with E-state index >= 15 is 0 Å². The summed E-state index contributed by atoms with van der Waals surface area (Å²) in [6.45, 7) is 6.00. The van der Waals surface area contributed by atoms with Gasteiger partial charge < -0.3 is 0 Å². The predicted molar refractivity (Wildman–Crippen MR) is 44.9 cm³/mol. The molecular formula is C10H13. The van der Waals surface area contributed by atoms with Crippen LogP contribution >= 0.6 is 0 Å². The Labute approximate surface area is 62.9 Å². The molecule has 1 aromatic rings. The van der Waals surface area contributed by atoms with E-state index in [1.54, 1.807) is 0 Å². The minimum Gasteiger partial charge on any atom is -0.0617 e. The molecule has 0 aromatic heterocycles. The summed E-state index contributed by atoms with van der Waals surface area (Å²) in [5, 5.41) is 0. The summed E-state index contributed by atoms with van der Waals surface area (Å²) in [6.07, 6.45) is 2.02. The molecule has 0 nitrogen and oxygen atoms in total. The molecule has 0 aliphatic carbocycles. The lowest BCUT2D eigenvalue weighted by atomic mass is 10.1. The van der Waals surface area contributed by atoms with Gasteiger partial charge in [0.05, 0.1) is 0 Å². The molecule has 0 saturated carbocycles. The van der Waals surface area contributed by atoms with E-state index in [4.69, 9.17) is 0 Å². The number of aryl methyl sites for hydroxylation is 1. The zero-order chi connectivity index (χ0) is 7.40. The van der Waals surface area contributed by atoms with Crippen LogP contribution in [0.2, 0.25) is 0 Å². The fourth-order valence-electron chi connectivity index (χ4n) is 1.01. The Balaban J connectivity index is 2.87. The van der Waals surface area contributed by atoms with Gasteiger partial charge in [-0.3, -0.25) is 0 Å². The van der Waals surface area contributed by atoms with Crippen molar-refractivity contribution in [2.24, 2.45) is 0 Å². The van der Waals surface area contributed by atoms with Crippen LogP contribution < -0.4 is 0 Å². The van der Waals surface area contributed by atoms with Crippen molar-refractivity contribution < 1.29 is 0 Å². The summed E-state index contributed by atoms with van der Waals surface area (Å²) in [5.41, 5.74) is 2.74. The van der Waals surface area contributed by atoms with Gasteiger partial charge in [0.2, 0.25) is 0 Å². The van der Waals surface area contributed by atoms with Crippen LogP contribution in [-0.4, -0.2) is 0 Å². The monoisotopic (exact) mass is 133 g/mol. The highest BCUT2D eigenvalue weighted by Crippen LogP contribution is 2.05. The van der Waals surface area contributed by atoms with Gasteiger partial charge in [0.25, 0.3) is 0 Å². The second kappa shape index (κ2) is 3.40. The molecule has 0 heteroatoms. The minimum absolute atomic E-state index is 0.897. The van der Waals surface area contributed by atoms with Crippen molar-refractivity contribution >= 4 is 0 Å². The van der Waals surface area contributed by atoms with Crippen LogP contribution in [0.3, 0.4) is 0 Å². The first-order valence-electron chi connectivity index (χ1n) is 3.74. The van der Waals surface area contributed by atoms with E-state index in [1.165, 1.54) is 11.1 Å². The molecule has 0 atom stereocenters. The van der Waals surface area contributed by atoms with E-state index in [-0.39, 0.29) is 0 Å². The summed E-state index contributed by atoms with van der Waals surface area (Å²) in [7, 11) is 0. The van der Waals surface area contributed by atoms with Crippen molar-refractivity contribution in [1.82, 2.24) is 0 Å². The van der Waals surface area contributed by atoms with Crippen LogP contribution in [0, 0.1) is 6.92 Å². The van der Waals surface area contributed by atoms with Crippen molar-refractivity contribution in [1.29, 1.82) is 0 Å². The van der Waals surface area contributed by atoms with Crippen molar-refractivity contribution in [2.45, 2.75) is 19.8 Å². The quantitative estimate of drug-likeness (QED) is 0.581. The molecule has 0 saturated heterocycles. The SMILES string of the molecule is [CH2]Cc1cccc(CC)c1. The average Bonchev–Trinajstić information content (AvgIpc) is 2.05. The predicted octanol–water partition coefficient (Wildman–Crippen LogP) is 2.63. The lowest BCUT2D eigenvalue weighted by molar-refractivity contribution is 1.12. The Morgan fingerprint density at radius 3 is 2.60 bits per heavy atom. The van der Waals surface area contributed by atoms with Gasteiger partial charge in [-0.25, -0.2) is 0 Å². The maximum atomic E-state index is 3.83. The van der Waals surface area contributed by atoms with Gasteiger partial charge in [-0.05, 0) is 30.9 Å². The molecule has 10 heavy (non-hydrogen) atoms. The van der Waals surface area contributed by atoms with Crippen LogP contribution in [0.4, 0.5) is 0 Å². The van der Waals surface area contributed by atoms with Gasteiger partial charge in [-0.1, -0.05) is 31.2 Å². The van der Waals surface area contributed by atoms with Gasteiger partial charge in [-0.2, -0.15) is 0 Å². The number of hydrogen-bond acceptors (Lipinski definition) is 0. The first-order valence-corrected chi connectivity index (χ1v) is 3.74. The van der Waals surface area contributed by atoms with Crippen LogP contribution in [0.25, 0.3) is 0 Å². The zero-order valence-electron chi connectivity index (χ0n) is 6.43. The van der Waals surface area contributed by atoms with Crippen molar-refractivity contribution in [3.63, 3.8) is 0 Å². The van der Waals surface area contributed by atoms with E-state index in [1.807, 2.05) is 0 Å². The van der Waals surface area contributed by atoms with Gasteiger partial charge in [0.1, 0.15) is 0 Å². The van der Waals surface area contributed by atoms with E-state index in [2.05, 4.69) is 38.1 Å². The lowest BCUT2D eigenvalue weighted by Crippen LogP contribution is -1.83. The molecule has 0 bridgehead atoms. The largest absolute Gasteiger partial charge is 0.0617 e. The molecule has 0 heterocycles. The number of hydrogen-bond donors (Lipinski definition) is 0. The molecule has 0 aliphatic rings. The van der Waals surface area contributed by atoms with Crippen LogP contribution in [-0.2, 0) is 12.8 Å². The maximum Gasteiger partial charge on any atom is -0.0279 e. The molecule has 0 amide bonds. The Bertz CT molecular complexity index is 182. The zero-order valence-corrected chi connectivity index (χ0v) is 6.43. The molecule has 1 aromatic carbocycles. The summed E-state index contributed by atoms with van der Waals surface area (Å²) in [5.74, 6) is 0. The van der Waals surface area contributed by atoms with E-state index in [9.17, 15) is 0 Å². The summed E-state index contributed by atoms with van der Waals surface area (Å²) in [4.78, 5) is 0. The van der Waals surface area contributed by atoms with Crippen molar-refractivity contribution in [2.75, 3.05) is 0 Å². The van der Waals surface area contributed by atoms with E-state index < -0.39 is 0 Å². The number of benzene rings is 1. The Hall–Kier alpha value is -0.780. The first-order chi connectivity index (χ1) is 4.86. The Morgan fingerprint density at radius 2 is 2.00 bits per heavy atom. The molecule has 0 fully saturated rings. The van der Waals surface area contributed by atoms with Gasteiger partial charge in [-0.15, -0.1) is 0 Å². The Morgan fingerprint density at radius 1 is 1.30 bits per heavy atom. The van der Waals surface area contributed by atoms with Gasteiger partial charge >= 0.3 is 0 Å². The lowest BCUT2D eigenvalue weighted by Gasteiger charge is -1.98. The molecule has 1 rings (SSSR count). The van der Waals surface area contributed by atoms with Gasteiger partial charge in [0.15, 0.2) is 0 Å². The van der Waals surface area contributed by atoms with E-state index in [0.29, 0.717) is 0 Å². The molecule has 0 N–H and O–H groups in total. The average molecular weight is 133 g/mol. The third kappa shape index (κ3) is 1.60. The minimum atomic E-state index is 0.897. The van der Waals surface area contributed by atoms with E-state index in [0.717, 1.165) is 12.8 Å². The molecule has 0 aliphatic heterocycles. The first kappa shape index (κ1) is 7.33. The summed E-state index contributed by atoms with van der Waals surface area (Å²) >= 11 is 0. The Kier molecular flexibility index (Phi) is 2.49. The van der Waals surface area contributed by atoms with Crippen molar-refractivity contribution in [3.05, 3.63) is 42.3 Å². The number of rotatable bonds is 2. The molecule has 1 radical (unpaired) electrons. The fourth-order valence-corrected chi connectivity index (χ4v) is 1.01. The van der Waals surface area contributed by atoms with Crippen LogP contribution in [0.1, 0.15) is 18.1 Å². The third-order valence-corrected chi connectivity index (χ3v) is 1.69. The summed E-state index contributed by atoms with van der Waals surface area (Å²) < 4.78 is 0. The topological polar surface area (TPSA) is 0 Å².